The van der Waals surface area contributed by atoms with Crippen molar-refractivity contribution in [3.63, 3.8) is 0 Å². The van der Waals surface area contributed by atoms with Crippen molar-refractivity contribution < 1.29 is 4.79 Å². The van der Waals surface area contributed by atoms with E-state index in [9.17, 15) is 10.1 Å². The van der Waals surface area contributed by atoms with Gasteiger partial charge in [0.1, 0.15) is 0 Å². The first-order valence-electron chi connectivity index (χ1n) is 10.9. The van der Waals surface area contributed by atoms with Gasteiger partial charge in [0, 0.05) is 11.9 Å². The molecule has 2 fully saturated rings. The maximum Gasteiger partial charge on any atom is 0.234 e. The van der Waals surface area contributed by atoms with Crippen LogP contribution in [0.4, 0.5) is 0 Å². The molecule has 2 aliphatic rings. The summed E-state index contributed by atoms with van der Waals surface area (Å²) in [5, 5.41) is 23.0. The third-order valence-corrected chi connectivity index (χ3v) is 7.83. The Hall–Kier alpha value is -2.69. The van der Waals surface area contributed by atoms with E-state index < -0.39 is 5.54 Å². The fraction of sp³-hybridized carbons (Fsp3) is 0.458. The van der Waals surface area contributed by atoms with Crippen molar-refractivity contribution in [3.8, 4) is 17.2 Å². The minimum absolute atomic E-state index is 0.00434. The first-order chi connectivity index (χ1) is 14.9. The van der Waals surface area contributed by atoms with Crippen LogP contribution in [0.5, 0.6) is 0 Å². The van der Waals surface area contributed by atoms with Crippen molar-refractivity contribution in [3.05, 3.63) is 46.2 Å². The van der Waals surface area contributed by atoms with E-state index in [-0.39, 0.29) is 17.8 Å². The Balaban J connectivity index is 1.62. The number of thiophene rings is 1. The van der Waals surface area contributed by atoms with Crippen molar-refractivity contribution in [1.82, 2.24) is 15.1 Å². The highest BCUT2D eigenvalue weighted by Gasteiger charge is 2.48. The number of nitrogens with zero attached hydrogens (tertiary/aromatic N) is 3. The maximum atomic E-state index is 13.3. The summed E-state index contributed by atoms with van der Waals surface area (Å²) in [5.74, 6) is -0.0988. The van der Waals surface area contributed by atoms with Gasteiger partial charge in [0.25, 0.3) is 0 Å². The summed E-state index contributed by atoms with van der Waals surface area (Å²) in [4.78, 5) is 18.2. The molecule has 1 aromatic carbocycles. The third-order valence-electron chi connectivity index (χ3n) is 6.66. The van der Waals surface area contributed by atoms with Crippen LogP contribution in [0.25, 0.3) is 11.1 Å². The van der Waals surface area contributed by atoms with Crippen molar-refractivity contribution in [2.24, 2.45) is 5.92 Å². The van der Waals surface area contributed by atoms with Gasteiger partial charge in [0.2, 0.25) is 5.91 Å². The van der Waals surface area contributed by atoms with Crippen LogP contribution in [-0.4, -0.2) is 48.3 Å². The molecule has 2 aromatic rings. The van der Waals surface area contributed by atoms with Crippen LogP contribution in [0, 0.1) is 22.7 Å². The normalized spacial score (nSPS) is 24.7. The van der Waals surface area contributed by atoms with Gasteiger partial charge in [-0.2, -0.15) is 5.26 Å². The first kappa shape index (κ1) is 21.5. The smallest absolute Gasteiger partial charge is 0.234 e. The van der Waals surface area contributed by atoms with E-state index in [0.29, 0.717) is 5.56 Å². The SMILES string of the molecule is CN1C(=N)NC(C)(c2cc(-c3cccc(C#N)c3)cs2)C(CCN2CCCCC2)C1=O. The van der Waals surface area contributed by atoms with E-state index in [0.717, 1.165) is 42.1 Å². The maximum absolute atomic E-state index is 13.3. The Kier molecular flexibility index (Phi) is 6.12. The van der Waals surface area contributed by atoms with Gasteiger partial charge in [-0.15, -0.1) is 11.3 Å². The highest BCUT2D eigenvalue weighted by molar-refractivity contribution is 7.10. The lowest BCUT2D eigenvalue weighted by atomic mass is 9.78. The van der Waals surface area contributed by atoms with E-state index >= 15 is 0 Å². The van der Waals surface area contributed by atoms with Gasteiger partial charge >= 0.3 is 0 Å². The molecule has 2 atom stereocenters. The van der Waals surface area contributed by atoms with Gasteiger partial charge in [-0.05, 0) is 80.5 Å². The molecule has 0 aliphatic carbocycles. The average Bonchev–Trinajstić information content (AvgIpc) is 3.29. The Bertz CT molecular complexity index is 1020. The standard InChI is InChI=1S/C24H29N5OS/c1-24(21-14-19(16-31-21)18-8-6-7-17(13-18)15-25)20(22(30)28(2)23(26)27-24)9-12-29-10-4-3-5-11-29/h6-8,13-14,16,20H,3-5,9-12H2,1-2H3,(H2,26,27). The number of amides is 1. The Morgan fingerprint density at radius 3 is 2.77 bits per heavy atom. The number of hydrogen-bond acceptors (Lipinski definition) is 5. The number of benzene rings is 1. The summed E-state index contributed by atoms with van der Waals surface area (Å²) in [7, 11) is 1.68. The van der Waals surface area contributed by atoms with E-state index in [1.807, 2.05) is 18.2 Å². The number of hydrogen-bond donors (Lipinski definition) is 2. The number of guanidine groups is 1. The molecular weight excluding hydrogens is 406 g/mol. The molecular formula is C24H29N5OS. The molecule has 1 amide bonds. The fourth-order valence-electron chi connectivity index (χ4n) is 4.68. The molecule has 2 unspecified atom stereocenters. The second-order valence-corrected chi connectivity index (χ2v) is 9.62. The molecule has 0 spiro atoms. The first-order valence-corrected chi connectivity index (χ1v) is 11.8. The summed E-state index contributed by atoms with van der Waals surface area (Å²) >= 11 is 1.61. The second kappa shape index (κ2) is 8.81. The second-order valence-electron chi connectivity index (χ2n) is 8.71. The number of carbonyl (C=O) groups excluding carboxylic acids is 1. The van der Waals surface area contributed by atoms with Crippen LogP contribution in [0.3, 0.4) is 0 Å². The molecule has 3 heterocycles. The van der Waals surface area contributed by atoms with Gasteiger partial charge in [0.15, 0.2) is 5.96 Å². The van der Waals surface area contributed by atoms with Crippen molar-refractivity contribution in [1.29, 1.82) is 10.7 Å². The highest BCUT2D eigenvalue weighted by atomic mass is 32.1. The molecule has 31 heavy (non-hydrogen) atoms. The van der Waals surface area contributed by atoms with Crippen LogP contribution >= 0.6 is 11.3 Å². The summed E-state index contributed by atoms with van der Waals surface area (Å²) in [6.07, 6.45) is 4.52. The topological polar surface area (TPSA) is 83.2 Å². The lowest BCUT2D eigenvalue weighted by Gasteiger charge is -2.45. The molecule has 0 radical (unpaired) electrons. The number of nitriles is 1. The molecule has 0 bridgehead atoms. The van der Waals surface area contributed by atoms with Crippen molar-refractivity contribution >= 4 is 23.2 Å². The monoisotopic (exact) mass is 435 g/mol. The van der Waals surface area contributed by atoms with Crippen LogP contribution in [0.2, 0.25) is 0 Å². The van der Waals surface area contributed by atoms with Crippen LogP contribution in [0.1, 0.15) is 43.0 Å². The predicted molar refractivity (Wildman–Crippen MR) is 124 cm³/mol. The Morgan fingerprint density at radius 1 is 1.26 bits per heavy atom. The van der Waals surface area contributed by atoms with Gasteiger partial charge in [-0.25, -0.2) is 0 Å². The number of likely N-dealkylation sites (tertiary alicyclic amines) is 1. The number of rotatable bonds is 5. The quantitative estimate of drug-likeness (QED) is 0.744. The molecule has 0 saturated carbocycles. The zero-order valence-corrected chi connectivity index (χ0v) is 19.0. The van der Waals surface area contributed by atoms with Crippen LogP contribution in [-0.2, 0) is 10.3 Å². The van der Waals surface area contributed by atoms with Gasteiger partial charge in [-0.1, -0.05) is 18.6 Å². The largest absolute Gasteiger partial charge is 0.345 e. The fourth-order valence-corrected chi connectivity index (χ4v) is 5.77. The molecule has 162 valence electrons. The van der Waals surface area contributed by atoms with E-state index in [4.69, 9.17) is 5.41 Å². The van der Waals surface area contributed by atoms with Crippen LogP contribution in [0.15, 0.2) is 35.7 Å². The lowest BCUT2D eigenvalue weighted by Crippen LogP contribution is -2.63. The highest BCUT2D eigenvalue weighted by Crippen LogP contribution is 2.41. The minimum atomic E-state index is -0.633. The molecule has 4 rings (SSSR count). The van der Waals surface area contributed by atoms with Crippen molar-refractivity contribution in [2.75, 3.05) is 26.7 Å². The summed E-state index contributed by atoms with van der Waals surface area (Å²) in [6.45, 7) is 5.16. The zero-order chi connectivity index (χ0) is 22.0. The molecule has 6 nitrogen and oxygen atoms in total. The minimum Gasteiger partial charge on any atom is -0.345 e. The predicted octanol–water partition coefficient (Wildman–Crippen LogP) is 3.99. The van der Waals surface area contributed by atoms with E-state index in [2.05, 4.69) is 34.7 Å². The zero-order valence-electron chi connectivity index (χ0n) is 18.1. The molecule has 1 aromatic heterocycles. The molecule has 2 saturated heterocycles. The number of carbonyl (C=O) groups is 1. The number of piperidine rings is 1. The van der Waals surface area contributed by atoms with Gasteiger partial charge in [-0.3, -0.25) is 15.1 Å². The van der Waals surface area contributed by atoms with E-state index in [1.165, 1.54) is 24.2 Å². The third kappa shape index (κ3) is 4.23. The molecule has 2 aliphatic heterocycles. The van der Waals surface area contributed by atoms with E-state index in [1.54, 1.807) is 24.5 Å². The summed E-state index contributed by atoms with van der Waals surface area (Å²) < 4.78 is 0. The van der Waals surface area contributed by atoms with Gasteiger partial charge < -0.3 is 10.2 Å². The Labute approximate surface area is 188 Å². The Morgan fingerprint density at radius 2 is 2.03 bits per heavy atom. The molecule has 7 heteroatoms. The lowest BCUT2D eigenvalue weighted by molar-refractivity contribution is -0.136. The average molecular weight is 436 g/mol. The molecule has 2 N–H and O–H groups in total. The van der Waals surface area contributed by atoms with Crippen LogP contribution < -0.4 is 5.32 Å². The van der Waals surface area contributed by atoms with Crippen molar-refractivity contribution in [2.45, 2.75) is 38.1 Å². The number of nitrogens with one attached hydrogen (secondary N) is 2. The summed E-state index contributed by atoms with van der Waals surface area (Å²) in [6, 6.07) is 11.9. The summed E-state index contributed by atoms with van der Waals surface area (Å²) in [5.41, 5.74) is 2.02. The van der Waals surface area contributed by atoms with Gasteiger partial charge in [0.05, 0.1) is 23.1 Å².